The van der Waals surface area contributed by atoms with Crippen LogP contribution in [0.1, 0.15) is 30.0 Å². The van der Waals surface area contributed by atoms with Crippen LogP contribution < -0.4 is 0 Å². The molecule has 1 N–H and O–H groups in total. The summed E-state index contributed by atoms with van der Waals surface area (Å²) in [6.07, 6.45) is 2.23. The SMILES string of the molecule is Cc1csc(CN2CCC(CCC(=O)O)C2)n1. The first-order valence-electron chi connectivity index (χ1n) is 5.98. The van der Waals surface area contributed by atoms with E-state index in [9.17, 15) is 4.79 Å². The van der Waals surface area contributed by atoms with Gasteiger partial charge in [0.25, 0.3) is 0 Å². The van der Waals surface area contributed by atoms with Crippen molar-refractivity contribution in [2.45, 2.75) is 32.7 Å². The van der Waals surface area contributed by atoms with Gasteiger partial charge in [0.15, 0.2) is 0 Å². The molecule has 1 fully saturated rings. The minimum atomic E-state index is -0.681. The number of nitrogens with zero attached hydrogens (tertiary/aromatic N) is 2. The van der Waals surface area contributed by atoms with Gasteiger partial charge in [0.05, 0.1) is 6.54 Å². The Balaban J connectivity index is 1.76. The Morgan fingerprint density at radius 3 is 3.18 bits per heavy atom. The van der Waals surface area contributed by atoms with Gasteiger partial charge in [-0.25, -0.2) is 4.98 Å². The molecule has 94 valence electrons. The van der Waals surface area contributed by atoms with Gasteiger partial charge in [-0.15, -0.1) is 11.3 Å². The Kier molecular flexibility index (Phi) is 4.12. The zero-order chi connectivity index (χ0) is 12.3. The largest absolute Gasteiger partial charge is 0.481 e. The van der Waals surface area contributed by atoms with E-state index in [2.05, 4.69) is 15.3 Å². The topological polar surface area (TPSA) is 53.4 Å². The van der Waals surface area contributed by atoms with Crippen molar-refractivity contribution in [3.8, 4) is 0 Å². The Hall–Kier alpha value is -0.940. The number of carboxylic acids is 1. The van der Waals surface area contributed by atoms with E-state index in [1.807, 2.05) is 6.92 Å². The lowest BCUT2D eigenvalue weighted by molar-refractivity contribution is -0.137. The van der Waals surface area contributed by atoms with Crippen molar-refractivity contribution in [2.75, 3.05) is 13.1 Å². The zero-order valence-electron chi connectivity index (χ0n) is 10.1. The molecule has 1 aliphatic heterocycles. The van der Waals surface area contributed by atoms with E-state index in [1.165, 1.54) is 5.01 Å². The minimum absolute atomic E-state index is 0.300. The van der Waals surface area contributed by atoms with Crippen molar-refractivity contribution in [3.63, 3.8) is 0 Å². The fourth-order valence-electron chi connectivity index (χ4n) is 2.29. The predicted molar refractivity (Wildman–Crippen MR) is 67.1 cm³/mol. The summed E-state index contributed by atoms with van der Waals surface area (Å²) >= 11 is 1.71. The number of hydrogen-bond acceptors (Lipinski definition) is 4. The lowest BCUT2D eigenvalue weighted by atomic mass is 10.0. The summed E-state index contributed by atoms with van der Waals surface area (Å²) < 4.78 is 0. The van der Waals surface area contributed by atoms with E-state index in [0.29, 0.717) is 12.3 Å². The quantitative estimate of drug-likeness (QED) is 0.874. The molecule has 1 aliphatic rings. The summed E-state index contributed by atoms with van der Waals surface area (Å²) in [5, 5.41) is 11.9. The van der Waals surface area contributed by atoms with Crippen LogP contribution in [0, 0.1) is 12.8 Å². The summed E-state index contributed by atoms with van der Waals surface area (Å²) in [6, 6.07) is 0. The molecule has 0 saturated carbocycles. The van der Waals surface area contributed by atoms with E-state index < -0.39 is 5.97 Å². The molecule has 0 aromatic carbocycles. The highest BCUT2D eigenvalue weighted by atomic mass is 32.1. The third-order valence-electron chi connectivity index (χ3n) is 3.16. The van der Waals surface area contributed by atoms with Crippen LogP contribution in [0.5, 0.6) is 0 Å². The summed E-state index contributed by atoms with van der Waals surface area (Å²) in [4.78, 5) is 17.3. The molecule has 4 nitrogen and oxygen atoms in total. The average molecular weight is 254 g/mol. The Morgan fingerprint density at radius 2 is 2.53 bits per heavy atom. The predicted octanol–water partition coefficient (Wildman–Crippen LogP) is 2.14. The number of likely N-dealkylation sites (tertiary alicyclic amines) is 1. The molecular weight excluding hydrogens is 236 g/mol. The molecule has 2 rings (SSSR count). The number of hydrogen-bond donors (Lipinski definition) is 1. The van der Waals surface area contributed by atoms with Crippen LogP contribution in [0.25, 0.3) is 0 Å². The molecule has 5 heteroatoms. The standard InChI is InChI=1S/C12H18N2O2S/c1-9-8-17-11(13-9)7-14-5-4-10(6-14)2-3-12(15)16/h8,10H,2-7H2,1H3,(H,15,16). The molecule has 17 heavy (non-hydrogen) atoms. The first kappa shape index (κ1) is 12.5. The summed E-state index contributed by atoms with van der Waals surface area (Å²) in [6.45, 7) is 5.02. The zero-order valence-corrected chi connectivity index (χ0v) is 10.9. The van der Waals surface area contributed by atoms with Gasteiger partial charge in [-0.3, -0.25) is 9.69 Å². The lowest BCUT2D eigenvalue weighted by Gasteiger charge is -2.13. The van der Waals surface area contributed by atoms with Crippen LogP contribution in [0.15, 0.2) is 5.38 Å². The maximum atomic E-state index is 10.5. The van der Waals surface area contributed by atoms with Gasteiger partial charge in [0, 0.05) is 24.0 Å². The fraction of sp³-hybridized carbons (Fsp3) is 0.667. The second-order valence-corrected chi connectivity index (χ2v) is 5.65. The highest BCUT2D eigenvalue weighted by Crippen LogP contribution is 2.23. The summed E-state index contributed by atoms with van der Waals surface area (Å²) in [5.41, 5.74) is 1.09. The van der Waals surface area contributed by atoms with Gasteiger partial charge < -0.3 is 5.11 Å². The molecular formula is C12H18N2O2S. The van der Waals surface area contributed by atoms with Crippen molar-refractivity contribution in [3.05, 3.63) is 16.1 Å². The molecule has 0 bridgehead atoms. The summed E-state index contributed by atoms with van der Waals surface area (Å²) in [5.74, 6) is -0.133. The van der Waals surface area contributed by atoms with E-state index in [-0.39, 0.29) is 0 Å². The van der Waals surface area contributed by atoms with Crippen LogP contribution >= 0.6 is 11.3 Å². The Morgan fingerprint density at radius 1 is 1.71 bits per heavy atom. The molecule has 1 unspecified atom stereocenters. The number of aromatic nitrogens is 1. The highest BCUT2D eigenvalue weighted by molar-refractivity contribution is 7.09. The van der Waals surface area contributed by atoms with Crippen LogP contribution in [-0.4, -0.2) is 34.0 Å². The molecule has 1 atom stereocenters. The summed E-state index contributed by atoms with van der Waals surface area (Å²) in [7, 11) is 0. The number of carboxylic acid groups (broad SMARTS) is 1. The number of rotatable bonds is 5. The molecule has 1 aromatic heterocycles. The fourth-order valence-corrected chi connectivity index (χ4v) is 3.10. The van der Waals surface area contributed by atoms with Crippen molar-refractivity contribution in [2.24, 2.45) is 5.92 Å². The number of carbonyl (C=O) groups is 1. The lowest BCUT2D eigenvalue weighted by Crippen LogP contribution is -2.20. The minimum Gasteiger partial charge on any atom is -0.481 e. The van der Waals surface area contributed by atoms with Gasteiger partial charge >= 0.3 is 5.97 Å². The van der Waals surface area contributed by atoms with Crippen molar-refractivity contribution in [1.29, 1.82) is 0 Å². The first-order chi connectivity index (χ1) is 8.13. The normalized spacial score (nSPS) is 20.9. The van der Waals surface area contributed by atoms with Crippen molar-refractivity contribution < 1.29 is 9.90 Å². The molecule has 0 radical (unpaired) electrons. The Bertz CT molecular complexity index is 392. The third-order valence-corrected chi connectivity index (χ3v) is 4.11. The van der Waals surface area contributed by atoms with Gasteiger partial charge in [-0.2, -0.15) is 0 Å². The monoisotopic (exact) mass is 254 g/mol. The molecule has 0 aliphatic carbocycles. The van der Waals surface area contributed by atoms with Crippen molar-refractivity contribution in [1.82, 2.24) is 9.88 Å². The molecule has 1 aromatic rings. The van der Waals surface area contributed by atoms with Crippen LogP contribution in [0.3, 0.4) is 0 Å². The molecule has 0 spiro atoms. The highest BCUT2D eigenvalue weighted by Gasteiger charge is 2.23. The number of aryl methyl sites for hydroxylation is 1. The van der Waals surface area contributed by atoms with E-state index in [4.69, 9.17) is 5.11 Å². The maximum absolute atomic E-state index is 10.5. The van der Waals surface area contributed by atoms with E-state index in [1.54, 1.807) is 11.3 Å². The van der Waals surface area contributed by atoms with Gasteiger partial charge in [-0.1, -0.05) is 0 Å². The van der Waals surface area contributed by atoms with Crippen molar-refractivity contribution >= 4 is 17.3 Å². The number of thiazole rings is 1. The van der Waals surface area contributed by atoms with Crippen LogP contribution in [-0.2, 0) is 11.3 Å². The second-order valence-electron chi connectivity index (χ2n) is 4.70. The molecule has 2 heterocycles. The van der Waals surface area contributed by atoms with E-state index in [0.717, 1.165) is 38.2 Å². The Labute approximate surface area is 105 Å². The van der Waals surface area contributed by atoms with Gasteiger partial charge in [0.1, 0.15) is 5.01 Å². The smallest absolute Gasteiger partial charge is 0.303 e. The second kappa shape index (κ2) is 5.60. The molecule has 0 amide bonds. The van der Waals surface area contributed by atoms with E-state index >= 15 is 0 Å². The van der Waals surface area contributed by atoms with Gasteiger partial charge in [-0.05, 0) is 32.2 Å². The average Bonchev–Trinajstić information content (AvgIpc) is 2.86. The maximum Gasteiger partial charge on any atom is 0.303 e. The first-order valence-corrected chi connectivity index (χ1v) is 6.86. The van der Waals surface area contributed by atoms with Gasteiger partial charge in [0.2, 0.25) is 0 Å². The third kappa shape index (κ3) is 3.78. The number of aliphatic carboxylic acids is 1. The van der Waals surface area contributed by atoms with Crippen LogP contribution in [0.2, 0.25) is 0 Å². The molecule has 1 saturated heterocycles. The van der Waals surface area contributed by atoms with Crippen LogP contribution in [0.4, 0.5) is 0 Å².